The highest BCUT2D eigenvalue weighted by Crippen LogP contribution is 2.34. The second kappa shape index (κ2) is 8.41. The lowest BCUT2D eigenvalue weighted by Gasteiger charge is -2.27. The van der Waals surface area contributed by atoms with Gasteiger partial charge in [-0.2, -0.15) is 0 Å². The van der Waals surface area contributed by atoms with E-state index in [1.807, 2.05) is 6.07 Å². The molecule has 1 atom stereocenters. The van der Waals surface area contributed by atoms with Crippen molar-refractivity contribution in [1.82, 2.24) is 10.2 Å². The standard InChI is InChI=1S/C18H20Cl2N2O2S/c1-24-17-13(19)9-12(10-14(17)20)18(23)21-11-15(16-5-4-8-25-16)22-6-2-3-7-22/h4-5,8-10,15H,2-3,6-7,11H2,1H3,(H,21,23). The van der Waals surface area contributed by atoms with Gasteiger partial charge in [0.2, 0.25) is 0 Å². The molecule has 1 aliphatic heterocycles. The Labute approximate surface area is 161 Å². The Morgan fingerprint density at radius 3 is 2.56 bits per heavy atom. The molecule has 4 nitrogen and oxygen atoms in total. The maximum Gasteiger partial charge on any atom is 0.251 e. The van der Waals surface area contributed by atoms with E-state index < -0.39 is 0 Å². The number of likely N-dealkylation sites (tertiary alicyclic amines) is 1. The van der Waals surface area contributed by atoms with Gasteiger partial charge in [-0.1, -0.05) is 29.3 Å². The van der Waals surface area contributed by atoms with Gasteiger partial charge in [0.05, 0.1) is 23.2 Å². The monoisotopic (exact) mass is 398 g/mol. The molecule has 0 aliphatic carbocycles. The molecule has 2 aromatic rings. The molecule has 1 fully saturated rings. The van der Waals surface area contributed by atoms with Gasteiger partial charge in [-0.25, -0.2) is 0 Å². The molecule has 1 aromatic heterocycles. The third-order valence-electron chi connectivity index (χ3n) is 4.37. The van der Waals surface area contributed by atoms with Crippen LogP contribution < -0.4 is 10.1 Å². The first-order valence-corrected chi connectivity index (χ1v) is 9.82. The lowest BCUT2D eigenvalue weighted by atomic mass is 10.1. The lowest BCUT2D eigenvalue weighted by molar-refractivity contribution is 0.0938. The molecule has 1 aromatic carbocycles. The fourth-order valence-electron chi connectivity index (χ4n) is 3.12. The highest BCUT2D eigenvalue weighted by atomic mass is 35.5. The van der Waals surface area contributed by atoms with E-state index in [2.05, 4.69) is 21.7 Å². The number of methoxy groups -OCH3 is 1. The van der Waals surface area contributed by atoms with Crippen LogP contribution in [0.15, 0.2) is 29.6 Å². The van der Waals surface area contributed by atoms with E-state index in [4.69, 9.17) is 27.9 Å². The normalized spacial score (nSPS) is 16.0. The van der Waals surface area contributed by atoms with E-state index in [0.29, 0.717) is 27.9 Å². The number of halogens is 2. The molecule has 0 saturated carbocycles. The fourth-order valence-corrected chi connectivity index (χ4v) is 4.62. The number of ether oxygens (including phenoxy) is 1. The van der Waals surface area contributed by atoms with E-state index in [-0.39, 0.29) is 11.9 Å². The van der Waals surface area contributed by atoms with Crippen molar-refractivity contribution in [3.8, 4) is 5.75 Å². The van der Waals surface area contributed by atoms with Crippen molar-refractivity contribution in [2.24, 2.45) is 0 Å². The van der Waals surface area contributed by atoms with Crippen LogP contribution in [-0.2, 0) is 0 Å². The van der Waals surface area contributed by atoms with Crippen LogP contribution >= 0.6 is 34.5 Å². The number of nitrogens with one attached hydrogen (secondary N) is 1. The zero-order valence-corrected chi connectivity index (χ0v) is 16.3. The highest BCUT2D eigenvalue weighted by molar-refractivity contribution is 7.10. The quantitative estimate of drug-likeness (QED) is 0.770. The van der Waals surface area contributed by atoms with Crippen LogP contribution in [0.5, 0.6) is 5.75 Å². The minimum absolute atomic E-state index is 0.188. The summed E-state index contributed by atoms with van der Waals surface area (Å²) in [4.78, 5) is 16.3. The Kier molecular flexibility index (Phi) is 6.23. The Balaban J connectivity index is 1.71. The molecule has 7 heteroatoms. The molecule has 3 rings (SSSR count). The van der Waals surface area contributed by atoms with Gasteiger partial charge < -0.3 is 10.1 Å². The second-order valence-corrected chi connectivity index (χ2v) is 7.75. The summed E-state index contributed by atoms with van der Waals surface area (Å²) in [6, 6.07) is 7.54. The summed E-state index contributed by atoms with van der Waals surface area (Å²) in [6.45, 7) is 2.69. The number of carbonyl (C=O) groups is 1. The Morgan fingerprint density at radius 1 is 1.32 bits per heavy atom. The molecule has 1 amide bonds. The van der Waals surface area contributed by atoms with E-state index in [0.717, 1.165) is 13.1 Å². The van der Waals surface area contributed by atoms with Crippen LogP contribution in [0.25, 0.3) is 0 Å². The Hall–Kier alpha value is -1.27. The molecule has 0 spiro atoms. The van der Waals surface area contributed by atoms with Crippen molar-refractivity contribution >= 4 is 40.4 Å². The molecular formula is C18H20Cl2N2O2S. The molecule has 25 heavy (non-hydrogen) atoms. The summed E-state index contributed by atoms with van der Waals surface area (Å²) < 4.78 is 5.12. The van der Waals surface area contributed by atoms with Crippen molar-refractivity contribution in [2.75, 3.05) is 26.7 Å². The molecule has 0 radical (unpaired) electrons. The van der Waals surface area contributed by atoms with Gasteiger partial charge in [-0.3, -0.25) is 9.69 Å². The van der Waals surface area contributed by atoms with Crippen molar-refractivity contribution < 1.29 is 9.53 Å². The first kappa shape index (κ1) is 18.5. The van der Waals surface area contributed by atoms with E-state index in [9.17, 15) is 4.79 Å². The molecule has 2 heterocycles. The van der Waals surface area contributed by atoms with Crippen molar-refractivity contribution in [3.63, 3.8) is 0 Å². The number of benzene rings is 1. The fraction of sp³-hybridized carbons (Fsp3) is 0.389. The summed E-state index contributed by atoms with van der Waals surface area (Å²) >= 11 is 14.0. The zero-order chi connectivity index (χ0) is 17.8. The molecule has 1 N–H and O–H groups in total. The average molecular weight is 399 g/mol. The Bertz CT molecular complexity index is 708. The SMILES string of the molecule is COc1c(Cl)cc(C(=O)NCC(c2cccs2)N2CCCC2)cc1Cl. The van der Waals surface area contributed by atoms with Gasteiger partial charge >= 0.3 is 0 Å². The highest BCUT2D eigenvalue weighted by Gasteiger charge is 2.25. The number of hydrogen-bond acceptors (Lipinski definition) is 4. The van der Waals surface area contributed by atoms with Gasteiger partial charge in [0.25, 0.3) is 5.91 Å². The van der Waals surface area contributed by atoms with Crippen LogP contribution in [0.1, 0.15) is 34.1 Å². The zero-order valence-electron chi connectivity index (χ0n) is 13.9. The Morgan fingerprint density at radius 2 is 2.00 bits per heavy atom. The number of thiophene rings is 1. The van der Waals surface area contributed by atoms with Crippen LogP contribution in [-0.4, -0.2) is 37.6 Å². The number of nitrogens with zero attached hydrogens (tertiary/aromatic N) is 1. The largest absolute Gasteiger partial charge is 0.494 e. The van der Waals surface area contributed by atoms with Crippen LogP contribution in [0.3, 0.4) is 0 Å². The number of hydrogen-bond donors (Lipinski definition) is 1. The third kappa shape index (κ3) is 4.29. The van der Waals surface area contributed by atoms with Gasteiger partial charge in [0.15, 0.2) is 5.75 Å². The van der Waals surface area contributed by atoms with Gasteiger partial charge in [-0.05, 0) is 49.5 Å². The summed E-state index contributed by atoms with van der Waals surface area (Å²) in [7, 11) is 1.49. The second-order valence-electron chi connectivity index (χ2n) is 5.96. The maximum atomic E-state index is 12.6. The maximum absolute atomic E-state index is 12.6. The number of rotatable bonds is 6. The van der Waals surface area contributed by atoms with Gasteiger partial charge in [0, 0.05) is 17.0 Å². The summed E-state index contributed by atoms with van der Waals surface area (Å²) in [5.41, 5.74) is 0.433. The van der Waals surface area contributed by atoms with Crippen LogP contribution in [0.2, 0.25) is 10.0 Å². The third-order valence-corrected chi connectivity index (χ3v) is 5.91. The molecule has 1 saturated heterocycles. The number of amides is 1. The summed E-state index contributed by atoms with van der Waals surface area (Å²) in [5.74, 6) is 0.195. The smallest absolute Gasteiger partial charge is 0.251 e. The summed E-state index contributed by atoms with van der Waals surface area (Å²) in [5, 5.41) is 5.75. The topological polar surface area (TPSA) is 41.6 Å². The molecule has 134 valence electrons. The minimum atomic E-state index is -0.188. The first-order chi connectivity index (χ1) is 12.1. The van der Waals surface area contributed by atoms with Crippen molar-refractivity contribution in [3.05, 3.63) is 50.1 Å². The molecule has 0 bridgehead atoms. The van der Waals surface area contributed by atoms with Gasteiger partial charge in [0.1, 0.15) is 0 Å². The molecule has 1 aliphatic rings. The molecular weight excluding hydrogens is 379 g/mol. The average Bonchev–Trinajstić information content (AvgIpc) is 3.28. The van der Waals surface area contributed by atoms with Crippen molar-refractivity contribution in [2.45, 2.75) is 18.9 Å². The predicted molar refractivity (Wildman–Crippen MR) is 103 cm³/mol. The minimum Gasteiger partial charge on any atom is -0.494 e. The van der Waals surface area contributed by atoms with E-state index >= 15 is 0 Å². The number of carbonyl (C=O) groups excluding carboxylic acids is 1. The van der Waals surface area contributed by atoms with E-state index in [1.54, 1.807) is 23.5 Å². The van der Waals surface area contributed by atoms with Crippen molar-refractivity contribution in [1.29, 1.82) is 0 Å². The van der Waals surface area contributed by atoms with Crippen LogP contribution in [0, 0.1) is 0 Å². The lowest BCUT2D eigenvalue weighted by Crippen LogP contribution is -2.36. The predicted octanol–water partition coefficient (Wildman–Crippen LogP) is 4.63. The summed E-state index contributed by atoms with van der Waals surface area (Å²) in [6.07, 6.45) is 2.42. The van der Waals surface area contributed by atoms with Gasteiger partial charge in [-0.15, -0.1) is 11.3 Å². The van der Waals surface area contributed by atoms with Crippen LogP contribution in [0.4, 0.5) is 0 Å². The first-order valence-electron chi connectivity index (χ1n) is 8.19. The molecule has 1 unspecified atom stereocenters. The van der Waals surface area contributed by atoms with E-state index in [1.165, 1.54) is 24.8 Å².